The van der Waals surface area contributed by atoms with Crippen molar-refractivity contribution in [2.24, 2.45) is 0 Å². The fraction of sp³-hybridized carbons (Fsp3) is 0.174. The van der Waals surface area contributed by atoms with E-state index >= 15 is 0 Å². The minimum absolute atomic E-state index is 0.105. The molecular weight excluding hydrogens is 487 g/mol. The predicted octanol–water partition coefficient (Wildman–Crippen LogP) is 4.99. The van der Waals surface area contributed by atoms with Crippen molar-refractivity contribution < 1.29 is 22.7 Å². The Balaban J connectivity index is 1.44. The lowest BCUT2D eigenvalue weighted by molar-refractivity contribution is -0.118. The van der Waals surface area contributed by atoms with Gasteiger partial charge in [-0.25, -0.2) is 8.42 Å². The van der Waals surface area contributed by atoms with Gasteiger partial charge >= 0.3 is 0 Å². The molecule has 1 aliphatic heterocycles. The Labute approximate surface area is 201 Å². The zero-order chi connectivity index (χ0) is 23.6. The minimum Gasteiger partial charge on any atom is -0.487 e. The van der Waals surface area contributed by atoms with Crippen molar-refractivity contribution in [2.75, 3.05) is 22.8 Å². The highest BCUT2D eigenvalue weighted by Gasteiger charge is 2.32. The second kappa shape index (κ2) is 9.51. The number of para-hydroxylation sites is 2. The van der Waals surface area contributed by atoms with Crippen LogP contribution in [0.15, 0.2) is 71.6 Å². The van der Waals surface area contributed by atoms with Crippen molar-refractivity contribution in [1.29, 1.82) is 0 Å². The van der Waals surface area contributed by atoms with E-state index in [1.807, 2.05) is 6.92 Å². The van der Waals surface area contributed by atoms with Crippen LogP contribution < -0.4 is 19.1 Å². The Hall–Kier alpha value is -2.94. The van der Waals surface area contributed by atoms with Crippen molar-refractivity contribution in [3.63, 3.8) is 0 Å². The molecule has 172 valence electrons. The molecule has 0 spiro atoms. The van der Waals surface area contributed by atoms with Gasteiger partial charge in [0.2, 0.25) is 0 Å². The molecule has 1 amide bonds. The summed E-state index contributed by atoms with van der Waals surface area (Å²) in [7, 11) is -3.82. The van der Waals surface area contributed by atoms with Gasteiger partial charge in [-0.3, -0.25) is 9.10 Å². The smallest absolute Gasteiger partial charge is 0.264 e. The Kier molecular flexibility index (Phi) is 6.69. The number of anilines is 2. The molecule has 3 aromatic rings. The normalized spacial score (nSPS) is 15.4. The first-order valence-corrected chi connectivity index (χ1v) is 12.2. The molecule has 1 N–H and O–H groups in total. The fourth-order valence-electron chi connectivity index (χ4n) is 3.35. The number of fused-ring (bicyclic) bond motifs is 1. The number of nitrogens with zero attached hydrogens (tertiary/aromatic N) is 1. The summed E-state index contributed by atoms with van der Waals surface area (Å²) < 4.78 is 39.1. The van der Waals surface area contributed by atoms with Gasteiger partial charge in [0.1, 0.15) is 17.6 Å². The van der Waals surface area contributed by atoms with Gasteiger partial charge in [0.15, 0.2) is 6.61 Å². The van der Waals surface area contributed by atoms with Crippen LogP contribution in [0.1, 0.15) is 6.92 Å². The number of halogens is 2. The molecule has 33 heavy (non-hydrogen) atoms. The van der Waals surface area contributed by atoms with Crippen LogP contribution in [-0.2, 0) is 14.8 Å². The van der Waals surface area contributed by atoms with E-state index in [-0.39, 0.29) is 24.2 Å². The maximum absolute atomic E-state index is 13.3. The quantitative estimate of drug-likeness (QED) is 0.509. The molecule has 7 nitrogen and oxygen atoms in total. The number of carbonyl (C=O) groups is 1. The molecule has 0 aromatic heterocycles. The van der Waals surface area contributed by atoms with E-state index in [1.165, 1.54) is 34.6 Å². The van der Waals surface area contributed by atoms with E-state index in [0.29, 0.717) is 32.9 Å². The SMILES string of the molecule is C[C@H]1CN(S(=O)(=O)c2ccc(NC(=O)COc3ccc(Cl)cc3Cl)cc2)c2ccccc2O1. The third kappa shape index (κ3) is 5.19. The molecule has 0 fully saturated rings. The molecule has 1 atom stereocenters. The number of sulfonamides is 1. The summed E-state index contributed by atoms with van der Waals surface area (Å²) in [5, 5.41) is 3.42. The van der Waals surface area contributed by atoms with Crippen LogP contribution in [0.3, 0.4) is 0 Å². The van der Waals surface area contributed by atoms with Gasteiger partial charge in [-0.05, 0) is 61.5 Å². The molecule has 4 rings (SSSR count). The third-order valence-corrected chi connectivity index (χ3v) is 7.19. The molecule has 0 saturated heterocycles. The zero-order valence-corrected chi connectivity index (χ0v) is 19.8. The van der Waals surface area contributed by atoms with Crippen LogP contribution in [0.5, 0.6) is 11.5 Å². The lowest BCUT2D eigenvalue weighted by Gasteiger charge is -2.34. The van der Waals surface area contributed by atoms with Gasteiger partial charge < -0.3 is 14.8 Å². The molecular formula is C23H20Cl2N2O5S. The Bertz CT molecular complexity index is 1280. The highest BCUT2D eigenvalue weighted by molar-refractivity contribution is 7.92. The maximum Gasteiger partial charge on any atom is 0.264 e. The van der Waals surface area contributed by atoms with Gasteiger partial charge in [0, 0.05) is 10.7 Å². The van der Waals surface area contributed by atoms with Crippen LogP contribution in [0.25, 0.3) is 0 Å². The van der Waals surface area contributed by atoms with Crippen LogP contribution in [0.4, 0.5) is 11.4 Å². The Morgan fingerprint density at radius 1 is 1.12 bits per heavy atom. The number of benzene rings is 3. The van der Waals surface area contributed by atoms with Gasteiger partial charge in [-0.15, -0.1) is 0 Å². The van der Waals surface area contributed by atoms with Crippen molar-refractivity contribution in [3.8, 4) is 11.5 Å². The summed E-state index contributed by atoms with van der Waals surface area (Å²) in [6, 6.07) is 17.6. The fourth-order valence-corrected chi connectivity index (χ4v) is 5.36. The number of amides is 1. The largest absolute Gasteiger partial charge is 0.487 e. The Morgan fingerprint density at radius 3 is 2.58 bits per heavy atom. The molecule has 0 radical (unpaired) electrons. The standard InChI is InChI=1S/C23H20Cl2N2O5S/c1-15-13-27(20-4-2-3-5-22(20)32-15)33(29,30)18-9-7-17(8-10-18)26-23(28)14-31-21-11-6-16(24)12-19(21)25/h2-12,15H,13-14H2,1H3,(H,26,28)/t15-/m0/s1. The van der Waals surface area contributed by atoms with E-state index < -0.39 is 15.9 Å². The van der Waals surface area contributed by atoms with Gasteiger partial charge in [-0.1, -0.05) is 35.3 Å². The zero-order valence-electron chi connectivity index (χ0n) is 17.5. The first-order chi connectivity index (χ1) is 15.7. The van der Waals surface area contributed by atoms with E-state index in [2.05, 4.69) is 5.32 Å². The number of carbonyl (C=O) groups excluding carboxylic acids is 1. The second-order valence-corrected chi connectivity index (χ2v) is 10.1. The first kappa shape index (κ1) is 23.2. The van der Waals surface area contributed by atoms with Crippen LogP contribution in [0.2, 0.25) is 10.0 Å². The third-order valence-electron chi connectivity index (χ3n) is 4.86. The predicted molar refractivity (Wildman–Crippen MR) is 128 cm³/mol. The molecule has 1 heterocycles. The Morgan fingerprint density at radius 2 is 1.85 bits per heavy atom. The highest BCUT2D eigenvalue weighted by atomic mass is 35.5. The lowest BCUT2D eigenvalue weighted by atomic mass is 10.2. The molecule has 0 saturated carbocycles. The number of ether oxygens (including phenoxy) is 2. The van der Waals surface area contributed by atoms with Crippen molar-refractivity contribution in [3.05, 3.63) is 76.8 Å². The summed E-state index contributed by atoms with van der Waals surface area (Å²) in [4.78, 5) is 12.3. The summed E-state index contributed by atoms with van der Waals surface area (Å²) in [6.07, 6.45) is -0.289. The van der Waals surface area contributed by atoms with Gasteiger partial charge in [-0.2, -0.15) is 0 Å². The molecule has 3 aromatic carbocycles. The molecule has 0 aliphatic carbocycles. The van der Waals surface area contributed by atoms with Crippen LogP contribution in [-0.4, -0.2) is 33.6 Å². The topological polar surface area (TPSA) is 84.9 Å². The average Bonchev–Trinajstić information content (AvgIpc) is 2.78. The highest BCUT2D eigenvalue weighted by Crippen LogP contribution is 2.36. The molecule has 0 unspecified atom stereocenters. The van der Waals surface area contributed by atoms with E-state index in [1.54, 1.807) is 36.4 Å². The van der Waals surface area contributed by atoms with E-state index in [9.17, 15) is 13.2 Å². The first-order valence-electron chi connectivity index (χ1n) is 10.0. The van der Waals surface area contributed by atoms with E-state index in [0.717, 1.165) is 0 Å². The summed E-state index contributed by atoms with van der Waals surface area (Å²) >= 11 is 11.9. The van der Waals surface area contributed by atoms with Crippen LogP contribution >= 0.6 is 23.2 Å². The lowest BCUT2D eigenvalue weighted by Crippen LogP contribution is -2.42. The van der Waals surface area contributed by atoms with Crippen molar-refractivity contribution >= 4 is 50.5 Å². The summed E-state index contributed by atoms with van der Waals surface area (Å²) in [6.45, 7) is 1.74. The van der Waals surface area contributed by atoms with Crippen LogP contribution in [0, 0.1) is 0 Å². The number of hydrogen-bond acceptors (Lipinski definition) is 5. The number of rotatable bonds is 6. The van der Waals surface area contributed by atoms with Gasteiger partial charge in [0.05, 0.1) is 22.2 Å². The second-order valence-electron chi connectivity index (χ2n) is 7.37. The number of hydrogen-bond donors (Lipinski definition) is 1. The maximum atomic E-state index is 13.3. The monoisotopic (exact) mass is 506 g/mol. The van der Waals surface area contributed by atoms with Crippen molar-refractivity contribution in [2.45, 2.75) is 17.9 Å². The summed E-state index contributed by atoms with van der Waals surface area (Å²) in [5.41, 5.74) is 0.923. The molecule has 10 heteroatoms. The van der Waals surface area contributed by atoms with E-state index in [4.69, 9.17) is 32.7 Å². The minimum atomic E-state index is -3.82. The van der Waals surface area contributed by atoms with Gasteiger partial charge in [0.25, 0.3) is 15.9 Å². The summed E-state index contributed by atoms with van der Waals surface area (Å²) in [5.74, 6) is 0.426. The average molecular weight is 507 g/mol. The molecule has 1 aliphatic rings. The number of nitrogens with one attached hydrogen (secondary N) is 1. The molecule has 0 bridgehead atoms. The van der Waals surface area contributed by atoms with Crippen molar-refractivity contribution in [1.82, 2.24) is 0 Å².